The lowest BCUT2D eigenvalue weighted by atomic mass is 9.55. The van der Waals surface area contributed by atoms with Crippen molar-refractivity contribution in [3.63, 3.8) is 0 Å². The number of Topliss-reactive ketones (excluding diaryl/α,β-unsaturated/α-hetero) is 1. The maximum Gasteiger partial charge on any atom is 0.139 e. The highest BCUT2D eigenvalue weighted by atomic mass is 16.5. The summed E-state index contributed by atoms with van der Waals surface area (Å²) in [6, 6.07) is 4.71. The highest BCUT2D eigenvalue weighted by Crippen LogP contribution is 2.59. The third-order valence-corrected chi connectivity index (χ3v) is 7.22. The molecule has 0 aliphatic heterocycles. The fourth-order valence-electron chi connectivity index (χ4n) is 5.88. The lowest BCUT2D eigenvalue weighted by Crippen LogP contribution is -2.42. The van der Waals surface area contributed by atoms with Gasteiger partial charge in [0.05, 0.1) is 7.11 Å². The molecule has 0 radical (unpaired) electrons. The molecule has 4 rings (SSSR count). The minimum absolute atomic E-state index is 0.0152. The Morgan fingerprint density at radius 2 is 2.04 bits per heavy atom. The molecule has 0 N–H and O–H groups in total. The summed E-state index contributed by atoms with van der Waals surface area (Å²) in [5.74, 6) is 3.59. The predicted octanol–water partition coefficient (Wildman–Crippen LogP) is 4.68. The zero-order chi connectivity index (χ0) is 16.2. The Hall–Kier alpha value is -1.31. The Bertz CT molecular complexity index is 647. The van der Waals surface area contributed by atoms with E-state index in [0.29, 0.717) is 23.5 Å². The van der Waals surface area contributed by atoms with Gasteiger partial charge in [-0.15, -0.1) is 0 Å². The first-order chi connectivity index (χ1) is 11.1. The molecule has 0 heterocycles. The van der Waals surface area contributed by atoms with E-state index in [1.807, 2.05) is 0 Å². The van der Waals surface area contributed by atoms with Crippen LogP contribution in [-0.4, -0.2) is 12.9 Å². The molecule has 1 aromatic rings. The van der Waals surface area contributed by atoms with Crippen molar-refractivity contribution in [2.24, 2.45) is 17.3 Å². The number of methoxy groups -OCH3 is 1. The van der Waals surface area contributed by atoms with Crippen LogP contribution in [0.4, 0.5) is 0 Å². The number of aryl methyl sites for hydroxylation is 2. The topological polar surface area (TPSA) is 26.3 Å². The standard InChI is InChI=1S/C21H28O2/c1-4-13-11-17-14(12-19(13)23-3)5-6-16-15(17)9-10-21(2)18(16)7-8-20(21)22/h11-12,15-16,18H,4-10H2,1-3H3/t15-,16+,18-,21-/m0/s1. The molecule has 0 saturated heterocycles. The Morgan fingerprint density at radius 3 is 2.78 bits per heavy atom. The van der Waals surface area contributed by atoms with E-state index in [-0.39, 0.29) is 5.41 Å². The van der Waals surface area contributed by atoms with E-state index < -0.39 is 0 Å². The molecule has 0 bridgehead atoms. The highest BCUT2D eigenvalue weighted by molar-refractivity contribution is 5.87. The summed E-state index contributed by atoms with van der Waals surface area (Å²) in [7, 11) is 1.78. The van der Waals surface area contributed by atoms with Crippen molar-refractivity contribution >= 4 is 5.78 Å². The van der Waals surface area contributed by atoms with Crippen LogP contribution in [-0.2, 0) is 17.6 Å². The number of fused-ring (bicyclic) bond motifs is 5. The Kier molecular flexibility index (Phi) is 3.55. The van der Waals surface area contributed by atoms with Crippen molar-refractivity contribution in [3.05, 3.63) is 28.8 Å². The molecule has 0 aromatic heterocycles. The lowest BCUT2D eigenvalue weighted by molar-refractivity contribution is -0.129. The molecule has 1 aromatic carbocycles. The number of rotatable bonds is 2. The van der Waals surface area contributed by atoms with Crippen LogP contribution < -0.4 is 4.74 Å². The predicted molar refractivity (Wildman–Crippen MR) is 92.0 cm³/mol. The fourth-order valence-corrected chi connectivity index (χ4v) is 5.88. The second-order valence-electron chi connectivity index (χ2n) is 8.05. The number of carbonyl (C=O) groups excluding carboxylic acids is 1. The van der Waals surface area contributed by atoms with E-state index in [4.69, 9.17) is 4.74 Å². The first-order valence-corrected chi connectivity index (χ1v) is 9.31. The summed E-state index contributed by atoms with van der Waals surface area (Å²) < 4.78 is 5.59. The van der Waals surface area contributed by atoms with Crippen molar-refractivity contribution in [1.82, 2.24) is 0 Å². The van der Waals surface area contributed by atoms with E-state index in [9.17, 15) is 4.79 Å². The average molecular weight is 312 g/mol. The van der Waals surface area contributed by atoms with Crippen molar-refractivity contribution in [1.29, 1.82) is 0 Å². The summed E-state index contributed by atoms with van der Waals surface area (Å²) in [5, 5.41) is 0. The van der Waals surface area contributed by atoms with Gasteiger partial charge in [-0.1, -0.05) is 19.9 Å². The second-order valence-corrected chi connectivity index (χ2v) is 8.05. The largest absolute Gasteiger partial charge is 0.496 e. The molecular formula is C21H28O2. The number of benzene rings is 1. The van der Waals surface area contributed by atoms with Crippen molar-refractivity contribution in [3.8, 4) is 5.75 Å². The van der Waals surface area contributed by atoms with Gasteiger partial charge in [0.2, 0.25) is 0 Å². The Labute approximate surface area is 139 Å². The van der Waals surface area contributed by atoms with Crippen LogP contribution in [0.15, 0.2) is 12.1 Å². The summed E-state index contributed by atoms with van der Waals surface area (Å²) in [4.78, 5) is 12.4. The maximum absolute atomic E-state index is 12.4. The van der Waals surface area contributed by atoms with Gasteiger partial charge in [0.1, 0.15) is 11.5 Å². The van der Waals surface area contributed by atoms with E-state index in [0.717, 1.165) is 37.9 Å². The van der Waals surface area contributed by atoms with Gasteiger partial charge in [-0.25, -0.2) is 0 Å². The van der Waals surface area contributed by atoms with Crippen LogP contribution in [0.1, 0.15) is 68.6 Å². The van der Waals surface area contributed by atoms with Gasteiger partial charge in [-0.3, -0.25) is 4.79 Å². The van der Waals surface area contributed by atoms with E-state index in [2.05, 4.69) is 26.0 Å². The summed E-state index contributed by atoms with van der Waals surface area (Å²) in [6.07, 6.45) is 7.64. The Balaban J connectivity index is 1.73. The lowest BCUT2D eigenvalue weighted by Gasteiger charge is -2.48. The third kappa shape index (κ3) is 2.10. The van der Waals surface area contributed by atoms with Gasteiger partial charge in [0, 0.05) is 11.8 Å². The van der Waals surface area contributed by atoms with Gasteiger partial charge in [0.25, 0.3) is 0 Å². The molecule has 3 aliphatic rings. The third-order valence-electron chi connectivity index (χ3n) is 7.22. The smallest absolute Gasteiger partial charge is 0.139 e. The van der Waals surface area contributed by atoms with Gasteiger partial charge in [-0.2, -0.15) is 0 Å². The summed E-state index contributed by atoms with van der Waals surface area (Å²) in [6.45, 7) is 4.46. The average Bonchev–Trinajstić information content (AvgIpc) is 2.88. The van der Waals surface area contributed by atoms with Crippen LogP contribution in [0.2, 0.25) is 0 Å². The molecule has 2 nitrogen and oxygen atoms in total. The van der Waals surface area contributed by atoms with Crippen molar-refractivity contribution in [2.75, 3.05) is 7.11 Å². The second kappa shape index (κ2) is 5.36. The van der Waals surface area contributed by atoms with Gasteiger partial charge in [-0.05, 0) is 79.0 Å². The fraction of sp³-hybridized carbons (Fsp3) is 0.667. The maximum atomic E-state index is 12.4. The molecule has 2 saturated carbocycles. The minimum atomic E-state index is -0.0152. The molecule has 23 heavy (non-hydrogen) atoms. The normalized spacial score (nSPS) is 35.4. The molecule has 2 fully saturated rings. The van der Waals surface area contributed by atoms with Crippen molar-refractivity contribution in [2.45, 2.75) is 64.7 Å². The molecule has 3 aliphatic carbocycles. The molecular weight excluding hydrogens is 284 g/mol. The number of hydrogen-bond acceptors (Lipinski definition) is 2. The first-order valence-electron chi connectivity index (χ1n) is 9.31. The molecule has 124 valence electrons. The SMILES string of the molecule is CCc1cc2c(cc1OC)CC[C@@H]1[C@@H]2CC[C@]2(C)C(=O)CC[C@@H]12. The Morgan fingerprint density at radius 1 is 1.22 bits per heavy atom. The number of carbonyl (C=O) groups is 1. The van der Waals surface area contributed by atoms with Crippen LogP contribution in [0, 0.1) is 17.3 Å². The zero-order valence-corrected chi connectivity index (χ0v) is 14.7. The molecule has 0 unspecified atom stereocenters. The number of hydrogen-bond donors (Lipinski definition) is 0. The molecule has 4 atom stereocenters. The first kappa shape index (κ1) is 15.2. The van der Waals surface area contributed by atoms with Crippen molar-refractivity contribution < 1.29 is 9.53 Å². The van der Waals surface area contributed by atoms with E-state index >= 15 is 0 Å². The van der Waals surface area contributed by atoms with Crippen LogP contribution in [0.3, 0.4) is 0 Å². The van der Waals surface area contributed by atoms with Gasteiger partial charge in [0.15, 0.2) is 0 Å². The molecule has 0 amide bonds. The summed E-state index contributed by atoms with van der Waals surface area (Å²) in [5.41, 5.74) is 4.38. The van der Waals surface area contributed by atoms with Crippen LogP contribution in [0.25, 0.3) is 0 Å². The van der Waals surface area contributed by atoms with Gasteiger partial charge < -0.3 is 4.74 Å². The quantitative estimate of drug-likeness (QED) is 0.792. The number of ketones is 1. The summed E-state index contributed by atoms with van der Waals surface area (Å²) >= 11 is 0. The zero-order valence-electron chi connectivity index (χ0n) is 14.7. The van der Waals surface area contributed by atoms with Gasteiger partial charge >= 0.3 is 0 Å². The van der Waals surface area contributed by atoms with Crippen LogP contribution >= 0.6 is 0 Å². The molecule has 0 spiro atoms. The van der Waals surface area contributed by atoms with E-state index in [1.165, 1.54) is 24.0 Å². The van der Waals surface area contributed by atoms with Crippen LogP contribution in [0.5, 0.6) is 5.75 Å². The minimum Gasteiger partial charge on any atom is -0.496 e. The van der Waals surface area contributed by atoms with E-state index in [1.54, 1.807) is 12.7 Å². The highest BCUT2D eigenvalue weighted by Gasteiger charge is 2.54. The monoisotopic (exact) mass is 312 g/mol. The molecule has 2 heteroatoms. The number of ether oxygens (including phenoxy) is 1.